The molecule has 7 heteroatoms. The molecule has 0 aliphatic heterocycles. The number of ether oxygens (including phenoxy) is 2. The normalized spacial score (nSPS) is 11.9. The fourth-order valence-electron chi connectivity index (χ4n) is 1.87. The molecule has 2 amide bonds. The predicted octanol–water partition coefficient (Wildman–Crippen LogP) is 2.13. The third-order valence-electron chi connectivity index (χ3n) is 2.94. The highest BCUT2D eigenvalue weighted by molar-refractivity contribution is 5.85. The summed E-state index contributed by atoms with van der Waals surface area (Å²) in [6.45, 7) is 5.73. The van der Waals surface area contributed by atoms with Crippen LogP contribution >= 0.6 is 0 Å². The summed E-state index contributed by atoms with van der Waals surface area (Å²) in [7, 11) is 0. The van der Waals surface area contributed by atoms with Gasteiger partial charge < -0.3 is 20.1 Å². The van der Waals surface area contributed by atoms with E-state index in [0.717, 1.165) is 5.56 Å². The SMILES string of the molecule is CC(C)(C)OC(=O)N[C@H](COCc1ccccc1)C(=O)NCCC#N. The van der Waals surface area contributed by atoms with E-state index in [1.165, 1.54) is 0 Å². The summed E-state index contributed by atoms with van der Waals surface area (Å²) >= 11 is 0. The zero-order valence-electron chi connectivity index (χ0n) is 14.9. The highest BCUT2D eigenvalue weighted by Crippen LogP contribution is 2.07. The smallest absolute Gasteiger partial charge is 0.408 e. The van der Waals surface area contributed by atoms with Gasteiger partial charge in [-0.2, -0.15) is 5.26 Å². The van der Waals surface area contributed by atoms with Crippen molar-refractivity contribution in [1.29, 1.82) is 5.26 Å². The van der Waals surface area contributed by atoms with Crippen LogP contribution in [0.2, 0.25) is 0 Å². The van der Waals surface area contributed by atoms with Gasteiger partial charge >= 0.3 is 6.09 Å². The summed E-state index contributed by atoms with van der Waals surface area (Å²) in [5.41, 5.74) is 0.292. The monoisotopic (exact) mass is 347 g/mol. The number of amides is 2. The van der Waals surface area contributed by atoms with Gasteiger partial charge in [-0.3, -0.25) is 4.79 Å². The van der Waals surface area contributed by atoms with E-state index in [-0.39, 0.29) is 19.6 Å². The van der Waals surface area contributed by atoms with Gasteiger partial charge in [-0.1, -0.05) is 30.3 Å². The number of hydrogen-bond donors (Lipinski definition) is 2. The molecule has 7 nitrogen and oxygen atoms in total. The minimum atomic E-state index is -0.905. The lowest BCUT2D eigenvalue weighted by atomic mass is 10.2. The molecule has 0 spiro atoms. The van der Waals surface area contributed by atoms with Gasteiger partial charge in [-0.15, -0.1) is 0 Å². The Morgan fingerprint density at radius 3 is 2.52 bits per heavy atom. The minimum Gasteiger partial charge on any atom is -0.444 e. The molecule has 0 radical (unpaired) electrons. The quantitative estimate of drug-likeness (QED) is 0.702. The van der Waals surface area contributed by atoms with Crippen molar-refractivity contribution in [3.8, 4) is 6.07 Å². The van der Waals surface area contributed by atoms with Crippen LogP contribution in [-0.4, -0.2) is 36.8 Å². The van der Waals surface area contributed by atoms with E-state index in [9.17, 15) is 9.59 Å². The number of nitrogens with one attached hydrogen (secondary N) is 2. The number of carbonyl (C=O) groups is 2. The maximum atomic E-state index is 12.2. The van der Waals surface area contributed by atoms with E-state index in [1.807, 2.05) is 36.4 Å². The Hall–Kier alpha value is -2.59. The summed E-state index contributed by atoms with van der Waals surface area (Å²) in [5, 5.41) is 13.6. The molecule has 1 rings (SSSR count). The molecule has 0 saturated carbocycles. The van der Waals surface area contributed by atoms with Crippen molar-refractivity contribution in [1.82, 2.24) is 10.6 Å². The molecular weight excluding hydrogens is 322 g/mol. The Bertz CT molecular complexity index is 591. The van der Waals surface area contributed by atoms with Crippen LogP contribution in [0, 0.1) is 11.3 Å². The van der Waals surface area contributed by atoms with Crippen molar-refractivity contribution >= 4 is 12.0 Å². The molecule has 136 valence electrons. The Morgan fingerprint density at radius 1 is 1.24 bits per heavy atom. The molecule has 1 atom stereocenters. The first-order valence-electron chi connectivity index (χ1n) is 8.07. The van der Waals surface area contributed by atoms with E-state index in [1.54, 1.807) is 20.8 Å². The number of hydrogen-bond acceptors (Lipinski definition) is 5. The zero-order chi connectivity index (χ0) is 18.7. The van der Waals surface area contributed by atoms with Crippen molar-refractivity contribution < 1.29 is 19.1 Å². The van der Waals surface area contributed by atoms with Crippen LogP contribution in [-0.2, 0) is 20.9 Å². The lowest BCUT2D eigenvalue weighted by Gasteiger charge is -2.23. The summed E-state index contributed by atoms with van der Waals surface area (Å²) in [6.07, 6.45) is -0.508. The van der Waals surface area contributed by atoms with Crippen LogP contribution in [0.25, 0.3) is 0 Å². The van der Waals surface area contributed by atoms with Crippen molar-refractivity contribution in [2.24, 2.45) is 0 Å². The standard InChI is InChI=1S/C18H25N3O4/c1-18(2,3)25-17(23)21-15(16(22)20-11-7-10-19)13-24-12-14-8-5-4-6-9-14/h4-6,8-9,15H,7,11-13H2,1-3H3,(H,20,22)(H,21,23)/t15-/m1/s1. The lowest BCUT2D eigenvalue weighted by molar-refractivity contribution is -0.124. The van der Waals surface area contributed by atoms with Crippen LogP contribution in [0.15, 0.2) is 30.3 Å². The molecule has 0 bridgehead atoms. The average Bonchev–Trinajstić information content (AvgIpc) is 2.53. The van der Waals surface area contributed by atoms with Crippen LogP contribution < -0.4 is 10.6 Å². The lowest BCUT2D eigenvalue weighted by Crippen LogP contribution is -2.50. The number of rotatable bonds is 8. The molecule has 0 saturated heterocycles. The van der Waals surface area contributed by atoms with Crippen LogP contribution in [0.4, 0.5) is 4.79 Å². The van der Waals surface area contributed by atoms with E-state index in [4.69, 9.17) is 14.7 Å². The Morgan fingerprint density at radius 2 is 1.92 bits per heavy atom. The molecule has 1 aromatic rings. The maximum Gasteiger partial charge on any atom is 0.408 e. The van der Waals surface area contributed by atoms with Gasteiger partial charge in [0.25, 0.3) is 0 Å². The summed E-state index contributed by atoms with van der Waals surface area (Å²) in [5.74, 6) is -0.422. The largest absolute Gasteiger partial charge is 0.444 e. The van der Waals surface area contributed by atoms with Crippen molar-refractivity contribution in [2.75, 3.05) is 13.2 Å². The van der Waals surface area contributed by atoms with Crippen LogP contribution in [0.1, 0.15) is 32.8 Å². The fourth-order valence-corrected chi connectivity index (χ4v) is 1.87. The molecule has 0 heterocycles. The van der Waals surface area contributed by atoms with Gasteiger partial charge in [0, 0.05) is 6.54 Å². The predicted molar refractivity (Wildman–Crippen MR) is 92.5 cm³/mol. The first-order chi connectivity index (χ1) is 11.8. The first-order valence-corrected chi connectivity index (χ1v) is 8.07. The number of benzene rings is 1. The number of carbonyl (C=O) groups excluding carboxylic acids is 2. The molecule has 0 fully saturated rings. The van der Waals surface area contributed by atoms with Crippen molar-refractivity contribution in [2.45, 2.75) is 45.4 Å². The van der Waals surface area contributed by atoms with Crippen LogP contribution in [0.3, 0.4) is 0 Å². The van der Waals surface area contributed by atoms with E-state index < -0.39 is 23.6 Å². The highest BCUT2D eigenvalue weighted by atomic mass is 16.6. The van der Waals surface area contributed by atoms with Gasteiger partial charge in [0.05, 0.1) is 25.7 Å². The van der Waals surface area contributed by atoms with E-state index in [0.29, 0.717) is 6.61 Å². The molecule has 0 aliphatic rings. The average molecular weight is 347 g/mol. The minimum absolute atomic E-state index is 0.00742. The van der Waals surface area contributed by atoms with Gasteiger partial charge in [-0.25, -0.2) is 4.79 Å². The number of nitriles is 1. The Labute approximate surface area is 148 Å². The van der Waals surface area contributed by atoms with Crippen molar-refractivity contribution in [3.05, 3.63) is 35.9 Å². The number of nitrogens with zero attached hydrogens (tertiary/aromatic N) is 1. The van der Waals surface area contributed by atoms with Gasteiger partial charge in [0.15, 0.2) is 0 Å². The van der Waals surface area contributed by atoms with E-state index in [2.05, 4.69) is 10.6 Å². The second-order valence-corrected chi connectivity index (χ2v) is 6.40. The summed E-state index contributed by atoms with van der Waals surface area (Å²) in [6, 6.07) is 10.5. The molecule has 1 aromatic carbocycles. The molecular formula is C18H25N3O4. The second kappa shape index (κ2) is 10.3. The third kappa shape index (κ3) is 9.33. The highest BCUT2D eigenvalue weighted by Gasteiger charge is 2.24. The summed E-state index contributed by atoms with van der Waals surface area (Å²) in [4.78, 5) is 24.1. The molecule has 0 aliphatic carbocycles. The van der Waals surface area contributed by atoms with Crippen molar-refractivity contribution in [3.63, 3.8) is 0 Å². The molecule has 0 unspecified atom stereocenters. The zero-order valence-corrected chi connectivity index (χ0v) is 14.9. The first kappa shape index (κ1) is 20.5. The Kier molecular flexibility index (Phi) is 8.44. The Balaban J connectivity index is 2.58. The second-order valence-electron chi connectivity index (χ2n) is 6.40. The molecule has 2 N–H and O–H groups in total. The van der Waals surface area contributed by atoms with E-state index >= 15 is 0 Å². The third-order valence-corrected chi connectivity index (χ3v) is 2.94. The van der Waals surface area contributed by atoms with Gasteiger partial charge in [0.1, 0.15) is 11.6 Å². The number of alkyl carbamates (subject to hydrolysis) is 1. The van der Waals surface area contributed by atoms with Gasteiger partial charge in [0.2, 0.25) is 5.91 Å². The topological polar surface area (TPSA) is 100 Å². The molecule has 0 aromatic heterocycles. The summed E-state index contributed by atoms with van der Waals surface area (Å²) < 4.78 is 10.7. The van der Waals surface area contributed by atoms with Gasteiger partial charge in [-0.05, 0) is 26.3 Å². The van der Waals surface area contributed by atoms with Crippen LogP contribution in [0.5, 0.6) is 0 Å². The molecule has 25 heavy (non-hydrogen) atoms. The maximum absolute atomic E-state index is 12.2. The fraction of sp³-hybridized carbons (Fsp3) is 0.500.